The predicted octanol–water partition coefficient (Wildman–Crippen LogP) is 4.60. The minimum absolute atomic E-state index is 0.0394. The molecule has 3 rings (SSSR count). The van der Waals surface area contributed by atoms with Crippen LogP contribution in [0.4, 0.5) is 10.8 Å². The highest BCUT2D eigenvalue weighted by atomic mass is 32.2. The van der Waals surface area contributed by atoms with E-state index in [1.165, 1.54) is 28.0 Å². The third kappa shape index (κ3) is 5.82. The van der Waals surface area contributed by atoms with Crippen molar-refractivity contribution in [3.63, 3.8) is 0 Å². The maximum Gasteiger partial charge on any atom is 0.234 e. The molecule has 1 amide bonds. The van der Waals surface area contributed by atoms with Crippen molar-refractivity contribution in [2.24, 2.45) is 0 Å². The van der Waals surface area contributed by atoms with Gasteiger partial charge in [-0.15, -0.1) is 21.5 Å². The van der Waals surface area contributed by atoms with E-state index < -0.39 is 0 Å². The number of nitrogens with one attached hydrogen (secondary N) is 2. The molecular formula is C18H20N4OS3. The van der Waals surface area contributed by atoms with Crippen molar-refractivity contribution in [2.45, 2.75) is 24.6 Å². The molecule has 0 fully saturated rings. The number of carbonyl (C=O) groups is 1. The molecule has 0 radical (unpaired) electrons. The van der Waals surface area contributed by atoms with Gasteiger partial charge in [-0.1, -0.05) is 35.2 Å². The van der Waals surface area contributed by atoms with Crippen LogP contribution in [0.2, 0.25) is 0 Å². The van der Waals surface area contributed by atoms with Gasteiger partial charge in [-0.3, -0.25) is 4.79 Å². The van der Waals surface area contributed by atoms with E-state index in [1.807, 2.05) is 26.0 Å². The largest absolute Gasteiger partial charge is 0.360 e. The topological polar surface area (TPSA) is 66.9 Å². The summed E-state index contributed by atoms with van der Waals surface area (Å²) in [7, 11) is 0. The summed E-state index contributed by atoms with van der Waals surface area (Å²) in [5.74, 6) is 0.277. The second-order valence-corrected chi connectivity index (χ2v) is 9.07. The second kappa shape index (κ2) is 9.16. The number of rotatable bonds is 8. The first kappa shape index (κ1) is 18.9. The molecule has 5 nitrogen and oxygen atoms in total. The van der Waals surface area contributed by atoms with E-state index in [4.69, 9.17) is 0 Å². The Balaban J connectivity index is 1.43. The summed E-state index contributed by atoms with van der Waals surface area (Å²) in [5, 5.41) is 17.3. The van der Waals surface area contributed by atoms with Gasteiger partial charge in [0.1, 0.15) is 0 Å². The molecule has 0 spiro atoms. The number of amides is 1. The number of aryl methyl sites for hydroxylation is 2. The van der Waals surface area contributed by atoms with E-state index in [1.54, 1.807) is 11.3 Å². The molecule has 136 valence electrons. The van der Waals surface area contributed by atoms with Crippen LogP contribution in [-0.4, -0.2) is 28.4 Å². The number of anilines is 2. The Bertz CT molecular complexity index is 841. The zero-order valence-electron chi connectivity index (χ0n) is 14.6. The highest BCUT2D eigenvalue weighted by Gasteiger charge is 2.09. The summed E-state index contributed by atoms with van der Waals surface area (Å²) in [5.41, 5.74) is 3.10. The van der Waals surface area contributed by atoms with Gasteiger partial charge in [0.15, 0.2) is 4.34 Å². The van der Waals surface area contributed by atoms with Crippen LogP contribution < -0.4 is 10.6 Å². The van der Waals surface area contributed by atoms with E-state index in [2.05, 4.69) is 44.4 Å². The van der Waals surface area contributed by atoms with Crippen LogP contribution in [0.25, 0.3) is 0 Å². The van der Waals surface area contributed by atoms with Crippen molar-refractivity contribution in [2.75, 3.05) is 22.9 Å². The third-order valence-electron chi connectivity index (χ3n) is 3.47. The van der Waals surface area contributed by atoms with Gasteiger partial charge in [0.25, 0.3) is 0 Å². The molecule has 0 aliphatic heterocycles. The van der Waals surface area contributed by atoms with Gasteiger partial charge in [-0.05, 0) is 55.0 Å². The van der Waals surface area contributed by atoms with Crippen molar-refractivity contribution >= 4 is 51.2 Å². The molecule has 0 saturated heterocycles. The van der Waals surface area contributed by atoms with Crippen molar-refractivity contribution in [3.05, 3.63) is 51.7 Å². The smallest absolute Gasteiger partial charge is 0.234 e. The molecule has 3 aromatic rings. The Labute approximate surface area is 165 Å². The predicted molar refractivity (Wildman–Crippen MR) is 112 cm³/mol. The maximum absolute atomic E-state index is 12.1. The Morgan fingerprint density at radius 1 is 1.19 bits per heavy atom. The van der Waals surface area contributed by atoms with Gasteiger partial charge in [-0.25, -0.2) is 0 Å². The minimum Gasteiger partial charge on any atom is -0.360 e. The van der Waals surface area contributed by atoms with E-state index in [0.29, 0.717) is 5.75 Å². The number of hydrogen-bond donors (Lipinski definition) is 2. The lowest BCUT2D eigenvalue weighted by Crippen LogP contribution is -2.14. The molecule has 0 saturated carbocycles. The monoisotopic (exact) mass is 404 g/mol. The number of nitrogens with zero attached hydrogens (tertiary/aromatic N) is 2. The van der Waals surface area contributed by atoms with Crippen LogP contribution >= 0.6 is 34.4 Å². The average Bonchev–Trinajstić information content (AvgIpc) is 3.24. The number of carbonyl (C=O) groups excluding carboxylic acids is 1. The van der Waals surface area contributed by atoms with Crippen molar-refractivity contribution in [3.8, 4) is 0 Å². The molecule has 0 aliphatic carbocycles. The van der Waals surface area contributed by atoms with E-state index in [9.17, 15) is 4.79 Å². The summed E-state index contributed by atoms with van der Waals surface area (Å²) < 4.78 is 0.791. The van der Waals surface area contributed by atoms with E-state index in [-0.39, 0.29) is 5.91 Å². The standard InChI is InChI=1S/C18H20N4OS3/c1-12-8-13(2)10-14(9-12)20-16(23)11-25-18-22-21-17(26-18)19-6-5-15-4-3-7-24-15/h3-4,7-10H,5-6,11H2,1-2H3,(H,19,21)(H,20,23). The lowest BCUT2D eigenvalue weighted by molar-refractivity contribution is -0.113. The van der Waals surface area contributed by atoms with Crippen molar-refractivity contribution < 1.29 is 4.79 Å². The minimum atomic E-state index is -0.0394. The van der Waals surface area contributed by atoms with Crippen molar-refractivity contribution in [1.82, 2.24) is 10.2 Å². The summed E-state index contributed by atoms with van der Waals surface area (Å²) in [6.45, 7) is 4.87. The Hall–Kier alpha value is -1.90. The van der Waals surface area contributed by atoms with E-state index >= 15 is 0 Å². The van der Waals surface area contributed by atoms with Gasteiger partial charge in [-0.2, -0.15) is 0 Å². The van der Waals surface area contributed by atoms with Crippen LogP contribution in [-0.2, 0) is 11.2 Å². The molecule has 2 heterocycles. The molecule has 2 aromatic heterocycles. The molecule has 8 heteroatoms. The summed E-state index contributed by atoms with van der Waals surface area (Å²) in [4.78, 5) is 13.5. The number of thiophene rings is 1. The molecule has 0 atom stereocenters. The van der Waals surface area contributed by atoms with Crippen LogP contribution in [0.5, 0.6) is 0 Å². The number of thioether (sulfide) groups is 1. The average molecular weight is 405 g/mol. The molecule has 26 heavy (non-hydrogen) atoms. The van der Waals surface area contributed by atoms with Crippen LogP contribution in [0.15, 0.2) is 40.1 Å². The maximum atomic E-state index is 12.1. The van der Waals surface area contributed by atoms with Gasteiger partial charge in [0.2, 0.25) is 11.0 Å². The molecule has 2 N–H and O–H groups in total. The molecule has 0 aliphatic rings. The highest BCUT2D eigenvalue weighted by molar-refractivity contribution is 8.01. The molecule has 0 unspecified atom stereocenters. The SMILES string of the molecule is Cc1cc(C)cc(NC(=O)CSc2nnc(NCCc3cccs3)s2)c1. The van der Waals surface area contributed by atoms with Gasteiger partial charge in [0, 0.05) is 17.1 Å². The highest BCUT2D eigenvalue weighted by Crippen LogP contribution is 2.25. The lowest BCUT2D eigenvalue weighted by atomic mass is 10.1. The van der Waals surface area contributed by atoms with Crippen molar-refractivity contribution in [1.29, 1.82) is 0 Å². The summed E-state index contributed by atoms with van der Waals surface area (Å²) in [6.07, 6.45) is 0.970. The molecule has 1 aromatic carbocycles. The quantitative estimate of drug-likeness (QED) is 0.537. The first-order valence-electron chi connectivity index (χ1n) is 8.19. The fourth-order valence-corrected chi connectivity index (χ4v) is 4.74. The molecule has 0 bridgehead atoms. The fraction of sp³-hybridized carbons (Fsp3) is 0.278. The molecular weight excluding hydrogens is 384 g/mol. The fourth-order valence-electron chi connectivity index (χ4n) is 2.46. The number of benzene rings is 1. The third-order valence-corrected chi connectivity index (χ3v) is 6.42. The normalized spacial score (nSPS) is 10.7. The Morgan fingerprint density at radius 2 is 2.00 bits per heavy atom. The second-order valence-electron chi connectivity index (χ2n) is 5.84. The zero-order valence-corrected chi connectivity index (χ0v) is 17.1. The summed E-state index contributed by atoms with van der Waals surface area (Å²) >= 11 is 4.64. The van der Waals surface area contributed by atoms with Gasteiger partial charge in [0.05, 0.1) is 5.75 Å². The van der Waals surface area contributed by atoms with Crippen LogP contribution in [0.3, 0.4) is 0 Å². The Kier molecular flexibility index (Phi) is 6.65. The zero-order chi connectivity index (χ0) is 18.4. The van der Waals surface area contributed by atoms with Crippen LogP contribution in [0, 0.1) is 13.8 Å². The number of aromatic nitrogens is 2. The number of hydrogen-bond acceptors (Lipinski definition) is 7. The van der Waals surface area contributed by atoms with Gasteiger partial charge >= 0.3 is 0 Å². The first-order valence-corrected chi connectivity index (χ1v) is 10.9. The van der Waals surface area contributed by atoms with E-state index in [0.717, 1.165) is 39.3 Å². The Morgan fingerprint density at radius 3 is 2.73 bits per heavy atom. The van der Waals surface area contributed by atoms with Crippen LogP contribution in [0.1, 0.15) is 16.0 Å². The first-order chi connectivity index (χ1) is 12.6. The lowest BCUT2D eigenvalue weighted by Gasteiger charge is -2.06. The summed E-state index contributed by atoms with van der Waals surface area (Å²) in [6, 6.07) is 10.2. The van der Waals surface area contributed by atoms with Gasteiger partial charge < -0.3 is 10.6 Å².